The van der Waals surface area contributed by atoms with E-state index in [2.05, 4.69) is 42.4 Å². The zero-order valence-electron chi connectivity index (χ0n) is 15.9. The number of halogens is 3. The maximum atomic E-state index is 12.4. The Bertz CT molecular complexity index is 1090. The van der Waals surface area contributed by atoms with Gasteiger partial charge in [-0.25, -0.2) is 5.43 Å². The van der Waals surface area contributed by atoms with Crippen LogP contribution in [-0.4, -0.2) is 19.2 Å². The Morgan fingerprint density at radius 3 is 2.60 bits per heavy atom. The Morgan fingerprint density at radius 2 is 1.87 bits per heavy atom. The van der Waals surface area contributed by atoms with E-state index in [9.17, 15) is 4.79 Å². The third kappa shape index (κ3) is 5.84. The van der Waals surface area contributed by atoms with Gasteiger partial charge < -0.3 is 9.47 Å². The first kappa shape index (κ1) is 22.3. The highest BCUT2D eigenvalue weighted by molar-refractivity contribution is 9.10. The Morgan fingerprint density at radius 1 is 1.10 bits per heavy atom. The van der Waals surface area contributed by atoms with E-state index < -0.39 is 0 Å². The molecule has 3 aromatic carbocycles. The number of nitrogens with zero attached hydrogens (tertiary/aromatic N) is 1. The van der Waals surface area contributed by atoms with Crippen molar-refractivity contribution in [2.75, 3.05) is 7.11 Å². The molecule has 1 amide bonds. The molecule has 0 aliphatic heterocycles. The van der Waals surface area contributed by atoms with E-state index in [-0.39, 0.29) is 5.91 Å². The van der Waals surface area contributed by atoms with E-state index >= 15 is 0 Å². The molecule has 0 heterocycles. The highest BCUT2D eigenvalue weighted by atomic mass is 79.9. The number of hydrogen-bond acceptors (Lipinski definition) is 4. The van der Waals surface area contributed by atoms with Gasteiger partial charge in [0.05, 0.1) is 23.4 Å². The van der Waals surface area contributed by atoms with Crippen molar-refractivity contribution in [2.45, 2.75) is 6.61 Å². The number of amides is 1. The van der Waals surface area contributed by atoms with Gasteiger partial charge in [0.1, 0.15) is 18.1 Å². The second kappa shape index (κ2) is 10.6. The number of nitrogens with one attached hydrogen (secondary N) is 1. The van der Waals surface area contributed by atoms with E-state index in [1.54, 1.807) is 24.4 Å². The largest absolute Gasteiger partial charge is 0.496 e. The van der Waals surface area contributed by atoms with Gasteiger partial charge in [0, 0.05) is 15.1 Å². The molecule has 0 radical (unpaired) electrons. The van der Waals surface area contributed by atoms with Crippen LogP contribution >= 0.6 is 43.5 Å². The molecule has 3 rings (SSSR count). The average Bonchev–Trinajstić information content (AvgIpc) is 2.74. The molecule has 3 aromatic rings. The number of carbonyl (C=O) groups excluding carboxylic acids is 1. The van der Waals surface area contributed by atoms with Gasteiger partial charge in [-0.2, -0.15) is 5.10 Å². The predicted octanol–water partition coefficient (Wildman–Crippen LogP) is 6.22. The van der Waals surface area contributed by atoms with Gasteiger partial charge in [-0.05, 0) is 64.0 Å². The zero-order valence-corrected chi connectivity index (χ0v) is 19.8. The molecule has 1 N–H and O–H groups in total. The van der Waals surface area contributed by atoms with Crippen molar-refractivity contribution < 1.29 is 14.3 Å². The molecule has 0 atom stereocenters. The topological polar surface area (TPSA) is 59.9 Å². The molecular formula is C22H17Br2ClN2O3. The lowest BCUT2D eigenvalue weighted by Gasteiger charge is -2.10. The van der Waals surface area contributed by atoms with E-state index in [0.717, 1.165) is 20.1 Å². The molecule has 154 valence electrons. The van der Waals surface area contributed by atoms with E-state index in [1.165, 1.54) is 7.11 Å². The molecule has 5 nitrogen and oxygen atoms in total. The first-order chi connectivity index (χ1) is 14.5. The molecule has 0 saturated carbocycles. The van der Waals surface area contributed by atoms with Crippen LogP contribution < -0.4 is 14.9 Å². The Balaban J connectivity index is 1.63. The van der Waals surface area contributed by atoms with Gasteiger partial charge in [0.15, 0.2) is 0 Å². The van der Waals surface area contributed by atoms with Crippen molar-refractivity contribution >= 4 is 55.6 Å². The minimum atomic E-state index is -0.372. The lowest BCUT2D eigenvalue weighted by molar-refractivity contribution is 0.0952. The predicted molar refractivity (Wildman–Crippen MR) is 126 cm³/mol. The normalized spacial score (nSPS) is 10.8. The smallest absolute Gasteiger partial charge is 0.275 e. The molecular weight excluding hydrogens is 536 g/mol. The van der Waals surface area contributed by atoms with Crippen molar-refractivity contribution in [1.29, 1.82) is 0 Å². The molecule has 30 heavy (non-hydrogen) atoms. The van der Waals surface area contributed by atoms with Crippen LogP contribution in [0, 0.1) is 0 Å². The number of benzene rings is 3. The van der Waals surface area contributed by atoms with Crippen molar-refractivity contribution in [3.8, 4) is 11.5 Å². The second-order valence-electron chi connectivity index (χ2n) is 6.11. The first-order valence-corrected chi connectivity index (χ1v) is 10.8. The Hall–Kier alpha value is -2.35. The zero-order chi connectivity index (χ0) is 21.5. The summed E-state index contributed by atoms with van der Waals surface area (Å²) in [5.74, 6) is 0.770. The van der Waals surface area contributed by atoms with Gasteiger partial charge in [-0.15, -0.1) is 0 Å². The molecule has 0 bridgehead atoms. The van der Waals surface area contributed by atoms with Crippen molar-refractivity contribution in [3.63, 3.8) is 0 Å². The van der Waals surface area contributed by atoms with Crippen LogP contribution in [0.5, 0.6) is 11.5 Å². The highest BCUT2D eigenvalue weighted by Gasteiger charge is 2.12. The molecule has 0 fully saturated rings. The summed E-state index contributed by atoms with van der Waals surface area (Å²) in [7, 11) is 1.51. The monoisotopic (exact) mass is 550 g/mol. The van der Waals surface area contributed by atoms with E-state index in [1.807, 2.05) is 42.5 Å². The molecule has 0 aliphatic carbocycles. The summed E-state index contributed by atoms with van der Waals surface area (Å²) in [6.45, 7) is 0.357. The Kier molecular flexibility index (Phi) is 7.90. The first-order valence-electron chi connectivity index (χ1n) is 8.80. The number of hydrazone groups is 1. The number of rotatable bonds is 7. The maximum Gasteiger partial charge on any atom is 0.275 e. The summed E-state index contributed by atoms with van der Waals surface area (Å²) in [6.07, 6.45) is 1.55. The highest BCUT2D eigenvalue weighted by Crippen LogP contribution is 2.27. The standard InChI is InChI=1S/C22H17Br2ClN2O3/c1-29-20-9-7-16(23)11-17(20)22(28)27-26-12-14-6-8-21(18(24)10-14)30-13-15-4-2-3-5-19(15)25/h2-12H,13H2,1H3,(H,27,28)/b26-12-. The fourth-order valence-electron chi connectivity index (χ4n) is 2.57. The third-order valence-corrected chi connectivity index (χ3v) is 5.56. The molecule has 0 saturated heterocycles. The quantitative estimate of drug-likeness (QED) is 0.280. The molecule has 0 aromatic heterocycles. The van der Waals surface area contributed by atoms with Crippen LogP contribution in [0.4, 0.5) is 0 Å². The fraction of sp³-hybridized carbons (Fsp3) is 0.0909. The van der Waals surface area contributed by atoms with Crippen LogP contribution in [0.15, 0.2) is 74.7 Å². The van der Waals surface area contributed by atoms with E-state index in [4.69, 9.17) is 21.1 Å². The van der Waals surface area contributed by atoms with Gasteiger partial charge in [-0.1, -0.05) is 45.7 Å². The summed E-state index contributed by atoms with van der Waals surface area (Å²) in [5, 5.41) is 4.69. The summed E-state index contributed by atoms with van der Waals surface area (Å²) < 4.78 is 12.6. The van der Waals surface area contributed by atoms with Crippen molar-refractivity contribution in [3.05, 3.63) is 91.3 Å². The van der Waals surface area contributed by atoms with Crippen LogP contribution in [0.1, 0.15) is 21.5 Å². The molecule has 8 heteroatoms. The number of ether oxygens (including phenoxy) is 2. The van der Waals surface area contributed by atoms with Gasteiger partial charge in [-0.3, -0.25) is 4.79 Å². The van der Waals surface area contributed by atoms with Crippen molar-refractivity contribution in [1.82, 2.24) is 5.43 Å². The minimum Gasteiger partial charge on any atom is -0.496 e. The summed E-state index contributed by atoms with van der Waals surface area (Å²) in [4.78, 5) is 12.4. The van der Waals surface area contributed by atoms with Crippen LogP contribution in [0.25, 0.3) is 0 Å². The molecule has 0 unspecified atom stereocenters. The average molecular weight is 553 g/mol. The fourth-order valence-corrected chi connectivity index (χ4v) is 3.63. The summed E-state index contributed by atoms with van der Waals surface area (Å²) in [6, 6.07) is 18.2. The minimum absolute atomic E-state index is 0.357. The van der Waals surface area contributed by atoms with Gasteiger partial charge in [0.25, 0.3) is 5.91 Å². The van der Waals surface area contributed by atoms with E-state index in [0.29, 0.717) is 28.7 Å². The third-order valence-electron chi connectivity index (χ3n) is 4.08. The summed E-state index contributed by atoms with van der Waals surface area (Å²) in [5.41, 5.74) is 4.58. The van der Waals surface area contributed by atoms with Gasteiger partial charge in [0.2, 0.25) is 0 Å². The lowest BCUT2D eigenvalue weighted by atomic mass is 10.2. The van der Waals surface area contributed by atoms with Crippen LogP contribution in [-0.2, 0) is 6.61 Å². The summed E-state index contributed by atoms with van der Waals surface area (Å²) >= 11 is 13.0. The van der Waals surface area contributed by atoms with Crippen LogP contribution in [0.3, 0.4) is 0 Å². The number of methoxy groups -OCH3 is 1. The SMILES string of the molecule is COc1ccc(Br)cc1C(=O)N/N=C\c1ccc(OCc2ccccc2Cl)c(Br)c1. The van der Waals surface area contributed by atoms with Gasteiger partial charge >= 0.3 is 0 Å². The second-order valence-corrected chi connectivity index (χ2v) is 8.29. The maximum absolute atomic E-state index is 12.4. The van der Waals surface area contributed by atoms with Crippen molar-refractivity contribution in [2.24, 2.45) is 5.10 Å². The number of carbonyl (C=O) groups is 1. The lowest BCUT2D eigenvalue weighted by Crippen LogP contribution is -2.18. The van der Waals surface area contributed by atoms with Crippen LogP contribution in [0.2, 0.25) is 5.02 Å². The Labute approximate surface area is 196 Å². The molecule has 0 spiro atoms. The molecule has 0 aliphatic rings. The number of hydrogen-bond donors (Lipinski definition) is 1.